The first kappa shape index (κ1) is 18.2. The summed E-state index contributed by atoms with van der Waals surface area (Å²) in [6.45, 7) is 4.95. The maximum absolute atomic E-state index is 12.7. The molecule has 1 aliphatic rings. The number of rotatable bonds is 3. The van der Waals surface area contributed by atoms with Gasteiger partial charge in [0.15, 0.2) is 11.6 Å². The Balaban J connectivity index is 2.47. The van der Waals surface area contributed by atoms with E-state index in [4.69, 9.17) is 4.74 Å². The molecule has 1 aromatic carbocycles. The van der Waals surface area contributed by atoms with Gasteiger partial charge in [0.1, 0.15) is 17.1 Å². The van der Waals surface area contributed by atoms with E-state index >= 15 is 0 Å². The van der Waals surface area contributed by atoms with E-state index in [1.807, 2.05) is 24.3 Å². The summed E-state index contributed by atoms with van der Waals surface area (Å²) in [5.74, 6) is -0.955. The summed E-state index contributed by atoms with van der Waals surface area (Å²) in [5, 5.41) is 10.3. The zero-order chi connectivity index (χ0) is 18.1. The molecule has 5 heteroatoms. The van der Waals surface area contributed by atoms with Crippen LogP contribution in [0.1, 0.15) is 26.3 Å². The van der Waals surface area contributed by atoms with Crippen LogP contribution in [-0.2, 0) is 14.3 Å². The highest BCUT2D eigenvalue weighted by atomic mass is 79.9. The van der Waals surface area contributed by atoms with Crippen LogP contribution in [0, 0.1) is 5.41 Å². The lowest BCUT2D eigenvalue weighted by atomic mass is 9.73. The van der Waals surface area contributed by atoms with Gasteiger partial charge in [0.25, 0.3) is 0 Å². The number of hydrogen-bond donors (Lipinski definition) is 1. The Hall–Kier alpha value is -2.14. The first-order valence-electron chi connectivity index (χ1n) is 7.42. The third-order valence-corrected chi connectivity index (χ3v) is 4.56. The maximum atomic E-state index is 12.7. The second-order valence-corrected chi connectivity index (χ2v) is 7.00. The molecule has 0 spiro atoms. The Bertz CT molecular complexity index is 780. The van der Waals surface area contributed by atoms with Crippen molar-refractivity contribution in [1.82, 2.24) is 0 Å². The zero-order valence-electron chi connectivity index (χ0n) is 14.0. The molecule has 2 rings (SSSR count). The van der Waals surface area contributed by atoms with E-state index in [9.17, 15) is 14.7 Å². The van der Waals surface area contributed by atoms with Gasteiger partial charge in [0, 0.05) is 10.0 Å². The van der Waals surface area contributed by atoms with Crippen LogP contribution in [-0.4, -0.2) is 23.8 Å². The van der Waals surface area contributed by atoms with Gasteiger partial charge in [-0.15, -0.1) is 0 Å². The summed E-state index contributed by atoms with van der Waals surface area (Å²) in [5.41, 5.74) is -0.0286. The number of carbonyl (C=O) groups excluding carboxylic acids is 2. The highest BCUT2D eigenvalue weighted by Crippen LogP contribution is 2.39. The normalized spacial score (nSPS) is 19.9. The molecule has 24 heavy (non-hydrogen) atoms. The molecule has 0 amide bonds. The van der Waals surface area contributed by atoms with Gasteiger partial charge < -0.3 is 9.84 Å². The van der Waals surface area contributed by atoms with Gasteiger partial charge in [-0.05, 0) is 44.5 Å². The van der Waals surface area contributed by atoms with Gasteiger partial charge >= 0.3 is 0 Å². The molecule has 0 radical (unpaired) electrons. The first-order chi connectivity index (χ1) is 11.2. The quantitative estimate of drug-likeness (QED) is 0.472. The molecule has 0 atom stereocenters. The summed E-state index contributed by atoms with van der Waals surface area (Å²) < 4.78 is 6.18. The number of methoxy groups -OCH3 is 1. The molecule has 0 fully saturated rings. The molecule has 0 saturated heterocycles. The number of ketones is 2. The molecule has 1 N–H and O–H groups in total. The molecule has 0 bridgehead atoms. The lowest BCUT2D eigenvalue weighted by molar-refractivity contribution is -0.127. The number of halogens is 1. The number of aliphatic hydroxyl groups is 1. The van der Waals surface area contributed by atoms with Crippen molar-refractivity contribution in [3.05, 3.63) is 63.0 Å². The van der Waals surface area contributed by atoms with E-state index in [0.717, 1.165) is 10.0 Å². The number of Topliss-reactive ketones (excluding diaryl/α,β-unsaturated/α-hetero) is 2. The topological polar surface area (TPSA) is 63.6 Å². The maximum Gasteiger partial charge on any atom is 0.199 e. The molecule has 0 heterocycles. The molecular formula is C19H19BrO4. The largest absolute Gasteiger partial charge is 0.507 e. The van der Waals surface area contributed by atoms with Crippen LogP contribution in [0.15, 0.2) is 57.5 Å². The Morgan fingerprint density at radius 1 is 1.21 bits per heavy atom. The van der Waals surface area contributed by atoms with Crippen LogP contribution < -0.4 is 0 Å². The van der Waals surface area contributed by atoms with Crippen LogP contribution in [0.2, 0.25) is 0 Å². The SMILES string of the molecule is COC1=C(C)C(=O)/C(=C(O)/C=C/c2ccc(Br)cc2)C(=O)C1(C)C. The van der Waals surface area contributed by atoms with Gasteiger partial charge in [-0.3, -0.25) is 9.59 Å². The van der Waals surface area contributed by atoms with Crippen LogP contribution >= 0.6 is 15.9 Å². The van der Waals surface area contributed by atoms with E-state index in [1.165, 1.54) is 13.2 Å². The molecule has 0 aliphatic heterocycles. The average Bonchev–Trinajstić information content (AvgIpc) is 2.53. The van der Waals surface area contributed by atoms with E-state index in [1.54, 1.807) is 26.8 Å². The molecule has 126 valence electrons. The molecule has 1 aliphatic carbocycles. The van der Waals surface area contributed by atoms with Crippen molar-refractivity contribution < 1.29 is 19.4 Å². The number of ether oxygens (including phenoxy) is 1. The molecule has 4 nitrogen and oxygen atoms in total. The Kier molecular flexibility index (Phi) is 5.13. The van der Waals surface area contributed by atoms with Crippen molar-refractivity contribution in [1.29, 1.82) is 0 Å². The molecule has 0 aromatic heterocycles. The van der Waals surface area contributed by atoms with E-state index in [2.05, 4.69) is 15.9 Å². The van der Waals surface area contributed by atoms with E-state index < -0.39 is 17.0 Å². The fraction of sp³-hybridized carbons (Fsp3) is 0.263. The number of hydrogen-bond acceptors (Lipinski definition) is 4. The third-order valence-electron chi connectivity index (χ3n) is 4.03. The summed E-state index contributed by atoms with van der Waals surface area (Å²) in [6.07, 6.45) is 3.02. The molecule has 0 unspecified atom stereocenters. The lowest BCUT2D eigenvalue weighted by Crippen LogP contribution is -2.38. The minimum absolute atomic E-state index is 0.202. The first-order valence-corrected chi connectivity index (χ1v) is 8.21. The van der Waals surface area contributed by atoms with Crippen LogP contribution in [0.3, 0.4) is 0 Å². The summed E-state index contributed by atoms with van der Waals surface area (Å²) in [4.78, 5) is 25.2. The lowest BCUT2D eigenvalue weighted by Gasteiger charge is -2.31. The van der Waals surface area contributed by atoms with E-state index in [0.29, 0.717) is 11.3 Å². The fourth-order valence-corrected chi connectivity index (χ4v) is 3.02. The summed E-state index contributed by atoms with van der Waals surface area (Å²) >= 11 is 3.35. The van der Waals surface area contributed by atoms with Crippen molar-refractivity contribution in [2.75, 3.05) is 7.11 Å². The zero-order valence-corrected chi connectivity index (χ0v) is 15.6. The van der Waals surface area contributed by atoms with Gasteiger partial charge in [0.05, 0.1) is 12.5 Å². The van der Waals surface area contributed by atoms with Gasteiger partial charge in [-0.2, -0.15) is 0 Å². The van der Waals surface area contributed by atoms with Crippen LogP contribution in [0.4, 0.5) is 0 Å². The predicted molar refractivity (Wildman–Crippen MR) is 96.3 cm³/mol. The summed E-state index contributed by atoms with van der Waals surface area (Å²) in [7, 11) is 1.43. The Morgan fingerprint density at radius 3 is 2.33 bits per heavy atom. The van der Waals surface area contributed by atoms with Crippen molar-refractivity contribution in [2.45, 2.75) is 20.8 Å². The highest BCUT2D eigenvalue weighted by Gasteiger charge is 2.45. The minimum Gasteiger partial charge on any atom is -0.507 e. The van der Waals surface area contributed by atoms with Crippen molar-refractivity contribution in [3.63, 3.8) is 0 Å². The number of allylic oxidation sites excluding steroid dienone is 4. The molecular weight excluding hydrogens is 372 g/mol. The molecule has 1 aromatic rings. The average molecular weight is 391 g/mol. The van der Waals surface area contributed by atoms with Crippen LogP contribution in [0.25, 0.3) is 6.08 Å². The standard InChI is InChI=1S/C19H19BrO4/c1-11-16(22)15(17(23)19(2,3)18(11)24-4)14(21)10-7-12-5-8-13(20)9-6-12/h5-10,21H,1-4H3/b10-7+,15-14+. The Morgan fingerprint density at radius 2 is 1.79 bits per heavy atom. The second kappa shape index (κ2) is 6.77. The predicted octanol–water partition coefficient (Wildman–Crippen LogP) is 4.37. The smallest absolute Gasteiger partial charge is 0.199 e. The fourth-order valence-electron chi connectivity index (χ4n) is 2.75. The minimum atomic E-state index is -0.999. The molecule has 0 saturated carbocycles. The summed E-state index contributed by atoms with van der Waals surface area (Å²) in [6, 6.07) is 7.42. The van der Waals surface area contributed by atoms with Gasteiger partial charge in [-0.25, -0.2) is 0 Å². The number of carbonyl (C=O) groups is 2. The number of aliphatic hydroxyl groups excluding tert-OH is 1. The second-order valence-electron chi connectivity index (χ2n) is 6.09. The van der Waals surface area contributed by atoms with Crippen LogP contribution in [0.5, 0.6) is 0 Å². The highest BCUT2D eigenvalue weighted by molar-refractivity contribution is 9.10. The monoisotopic (exact) mass is 390 g/mol. The van der Waals surface area contributed by atoms with E-state index in [-0.39, 0.29) is 11.3 Å². The van der Waals surface area contributed by atoms with Gasteiger partial charge in [0.2, 0.25) is 0 Å². The van der Waals surface area contributed by atoms with Crippen molar-refractivity contribution >= 4 is 33.6 Å². The number of benzene rings is 1. The van der Waals surface area contributed by atoms with Crippen molar-refractivity contribution in [2.24, 2.45) is 5.41 Å². The van der Waals surface area contributed by atoms with Gasteiger partial charge in [-0.1, -0.05) is 34.1 Å². The third kappa shape index (κ3) is 3.22. The van der Waals surface area contributed by atoms with Crippen molar-refractivity contribution in [3.8, 4) is 0 Å². The Labute approximate surface area is 149 Å².